The van der Waals surface area contributed by atoms with E-state index in [1.165, 1.54) is 24.0 Å². The fourth-order valence-electron chi connectivity index (χ4n) is 6.71. The molecule has 0 bridgehead atoms. The van der Waals surface area contributed by atoms with E-state index in [4.69, 9.17) is 4.98 Å². The SMILES string of the molecule is Cc1ccc(C(=CCN2CCCC2)c2cccc(CC=CN(Cc3ccccc3)C(=O)c3ccc(Cn4c(C)nc5cnccc54)cc3)n2)cc1. The average molecular weight is 673 g/mol. The first-order valence-corrected chi connectivity index (χ1v) is 17.8. The van der Waals surface area contributed by atoms with Gasteiger partial charge in [0.15, 0.2) is 0 Å². The number of imidazole rings is 1. The van der Waals surface area contributed by atoms with E-state index in [1.807, 2.05) is 67.7 Å². The fourth-order valence-corrected chi connectivity index (χ4v) is 6.71. The normalized spacial score (nSPS) is 13.7. The molecule has 1 saturated heterocycles. The van der Waals surface area contributed by atoms with Crippen molar-refractivity contribution in [3.8, 4) is 0 Å². The van der Waals surface area contributed by atoms with Crippen LogP contribution in [0.15, 0.2) is 134 Å². The van der Waals surface area contributed by atoms with Gasteiger partial charge >= 0.3 is 0 Å². The minimum Gasteiger partial charge on any atom is -0.324 e. The van der Waals surface area contributed by atoms with Crippen LogP contribution in [0.2, 0.25) is 0 Å². The van der Waals surface area contributed by atoms with Gasteiger partial charge in [-0.25, -0.2) is 4.98 Å². The molecule has 1 aliphatic heterocycles. The molecule has 1 aliphatic rings. The predicted molar refractivity (Wildman–Crippen MR) is 205 cm³/mol. The van der Waals surface area contributed by atoms with E-state index in [9.17, 15) is 4.79 Å². The van der Waals surface area contributed by atoms with E-state index in [2.05, 4.69) is 87.0 Å². The Bertz CT molecular complexity index is 2140. The van der Waals surface area contributed by atoms with Crippen molar-refractivity contribution < 1.29 is 4.79 Å². The predicted octanol–water partition coefficient (Wildman–Crippen LogP) is 8.42. The maximum atomic E-state index is 14.0. The van der Waals surface area contributed by atoms with Crippen LogP contribution in [0, 0.1) is 13.8 Å². The Labute approximate surface area is 300 Å². The Hall–Kier alpha value is -5.66. The molecule has 3 aromatic carbocycles. The van der Waals surface area contributed by atoms with E-state index in [-0.39, 0.29) is 5.91 Å². The Morgan fingerprint density at radius 3 is 2.35 bits per heavy atom. The van der Waals surface area contributed by atoms with Gasteiger partial charge in [0.1, 0.15) is 11.3 Å². The summed E-state index contributed by atoms with van der Waals surface area (Å²) in [5, 5.41) is 0. The first-order valence-electron chi connectivity index (χ1n) is 17.8. The van der Waals surface area contributed by atoms with Crippen LogP contribution in [0.5, 0.6) is 0 Å². The molecule has 7 nitrogen and oxygen atoms in total. The number of carbonyl (C=O) groups excluding carboxylic acids is 1. The largest absolute Gasteiger partial charge is 0.324 e. The van der Waals surface area contributed by atoms with Gasteiger partial charge in [-0.1, -0.05) is 90.5 Å². The Morgan fingerprint density at radius 2 is 1.57 bits per heavy atom. The first kappa shape index (κ1) is 33.8. The molecular weight excluding hydrogens is 629 g/mol. The summed E-state index contributed by atoms with van der Waals surface area (Å²) in [6, 6.07) is 35.0. The van der Waals surface area contributed by atoms with Gasteiger partial charge in [0.05, 0.1) is 24.0 Å². The summed E-state index contributed by atoms with van der Waals surface area (Å²) < 4.78 is 2.18. The standard InChI is InChI=1S/C44H44N6O/c1-33-15-19-37(20-16-33)40(24-29-48-26-6-7-27-48)41-14-8-12-39(47-41)13-9-28-49(31-35-10-4-3-5-11-35)44(51)38-21-17-36(18-22-38)32-50-34(2)46-42-30-45-25-23-43(42)50/h3-5,8-12,14-25,28,30H,6-7,13,26-27,29,31-32H2,1-2H3. The minimum absolute atomic E-state index is 0.0507. The molecule has 0 N–H and O–H groups in total. The van der Waals surface area contributed by atoms with Crippen molar-refractivity contribution in [3.05, 3.63) is 179 Å². The number of nitrogens with zero attached hydrogens (tertiary/aromatic N) is 6. The van der Waals surface area contributed by atoms with E-state index in [1.54, 1.807) is 17.3 Å². The lowest BCUT2D eigenvalue weighted by molar-refractivity contribution is 0.0813. The number of hydrogen-bond donors (Lipinski definition) is 0. The van der Waals surface area contributed by atoms with Crippen molar-refractivity contribution in [2.45, 2.75) is 46.2 Å². The smallest absolute Gasteiger partial charge is 0.258 e. The highest BCUT2D eigenvalue weighted by atomic mass is 16.2. The number of amides is 1. The highest BCUT2D eigenvalue weighted by molar-refractivity contribution is 5.95. The first-order chi connectivity index (χ1) is 25.0. The summed E-state index contributed by atoms with van der Waals surface area (Å²) in [5.74, 6) is 0.882. The number of fused-ring (bicyclic) bond motifs is 1. The van der Waals surface area contributed by atoms with Crippen molar-refractivity contribution in [2.75, 3.05) is 19.6 Å². The number of rotatable bonds is 12. The van der Waals surface area contributed by atoms with Crippen molar-refractivity contribution >= 4 is 22.5 Å². The molecule has 0 unspecified atom stereocenters. The molecule has 3 aromatic heterocycles. The van der Waals surface area contributed by atoms with Gasteiger partial charge in [-0.15, -0.1) is 0 Å². The Balaban J connectivity index is 1.09. The second-order valence-electron chi connectivity index (χ2n) is 13.3. The molecule has 1 fully saturated rings. The van der Waals surface area contributed by atoms with Gasteiger partial charge in [0.25, 0.3) is 5.91 Å². The number of allylic oxidation sites excluding steroid dienone is 1. The lowest BCUT2D eigenvalue weighted by atomic mass is 10.00. The van der Waals surface area contributed by atoms with E-state index in [0.717, 1.165) is 64.6 Å². The molecule has 0 spiro atoms. The molecule has 7 heteroatoms. The van der Waals surface area contributed by atoms with E-state index >= 15 is 0 Å². The van der Waals surface area contributed by atoms with Gasteiger partial charge in [0.2, 0.25) is 0 Å². The van der Waals surface area contributed by atoms with Crippen LogP contribution in [0.25, 0.3) is 16.6 Å². The van der Waals surface area contributed by atoms with Crippen LogP contribution in [0.1, 0.15) is 62.7 Å². The van der Waals surface area contributed by atoms with Gasteiger partial charge in [-0.05, 0) is 86.8 Å². The molecule has 51 heavy (non-hydrogen) atoms. The van der Waals surface area contributed by atoms with E-state index in [0.29, 0.717) is 25.1 Å². The summed E-state index contributed by atoms with van der Waals surface area (Å²) in [6.45, 7) is 8.48. The van der Waals surface area contributed by atoms with Gasteiger partial charge in [-0.2, -0.15) is 0 Å². The molecule has 256 valence electrons. The highest BCUT2D eigenvalue weighted by Gasteiger charge is 2.16. The lowest BCUT2D eigenvalue weighted by Gasteiger charge is -2.19. The van der Waals surface area contributed by atoms with Crippen LogP contribution in [-0.4, -0.2) is 54.9 Å². The summed E-state index contributed by atoms with van der Waals surface area (Å²) in [6.07, 6.45) is 13.0. The molecular formula is C44H44N6O. The zero-order valence-electron chi connectivity index (χ0n) is 29.5. The minimum atomic E-state index is -0.0507. The second kappa shape index (κ2) is 15.9. The fraction of sp³-hybridized carbons (Fsp3) is 0.227. The monoisotopic (exact) mass is 672 g/mol. The third-order valence-electron chi connectivity index (χ3n) is 9.55. The summed E-state index contributed by atoms with van der Waals surface area (Å²) >= 11 is 0. The van der Waals surface area contributed by atoms with Crippen molar-refractivity contribution in [1.29, 1.82) is 0 Å². The maximum absolute atomic E-state index is 14.0. The average Bonchev–Trinajstić information content (AvgIpc) is 3.80. The summed E-state index contributed by atoms with van der Waals surface area (Å²) in [7, 11) is 0. The van der Waals surface area contributed by atoms with Crippen LogP contribution >= 0.6 is 0 Å². The number of likely N-dealkylation sites (tertiary alicyclic amines) is 1. The number of hydrogen-bond acceptors (Lipinski definition) is 5. The summed E-state index contributed by atoms with van der Waals surface area (Å²) in [4.78, 5) is 32.2. The number of benzene rings is 3. The third kappa shape index (κ3) is 8.39. The zero-order valence-corrected chi connectivity index (χ0v) is 29.5. The molecule has 7 rings (SSSR count). The highest BCUT2D eigenvalue weighted by Crippen LogP contribution is 2.24. The molecule has 0 atom stereocenters. The second-order valence-corrected chi connectivity index (χ2v) is 13.3. The molecule has 1 amide bonds. The van der Waals surface area contributed by atoms with Crippen LogP contribution in [0.3, 0.4) is 0 Å². The Morgan fingerprint density at radius 1 is 0.804 bits per heavy atom. The molecule has 0 radical (unpaired) electrons. The van der Waals surface area contributed by atoms with E-state index < -0.39 is 0 Å². The molecule has 0 saturated carbocycles. The number of carbonyl (C=O) groups is 1. The quantitative estimate of drug-likeness (QED) is 0.131. The Kier molecular flexibility index (Phi) is 10.6. The van der Waals surface area contributed by atoms with Crippen molar-refractivity contribution in [2.24, 2.45) is 0 Å². The molecule has 4 heterocycles. The van der Waals surface area contributed by atoms with Crippen LogP contribution < -0.4 is 0 Å². The number of aromatic nitrogens is 4. The maximum Gasteiger partial charge on any atom is 0.258 e. The van der Waals surface area contributed by atoms with Gasteiger partial charge in [0, 0.05) is 48.7 Å². The third-order valence-corrected chi connectivity index (χ3v) is 9.55. The van der Waals surface area contributed by atoms with Crippen molar-refractivity contribution in [1.82, 2.24) is 29.3 Å². The van der Waals surface area contributed by atoms with Crippen LogP contribution in [-0.2, 0) is 19.5 Å². The molecule has 0 aliphatic carbocycles. The number of pyridine rings is 2. The zero-order chi connectivity index (χ0) is 35.0. The molecule has 6 aromatic rings. The lowest BCUT2D eigenvalue weighted by Crippen LogP contribution is -2.25. The van der Waals surface area contributed by atoms with Crippen molar-refractivity contribution in [3.63, 3.8) is 0 Å². The van der Waals surface area contributed by atoms with Gasteiger partial charge < -0.3 is 9.47 Å². The number of aryl methyl sites for hydroxylation is 2. The van der Waals surface area contributed by atoms with Gasteiger partial charge in [-0.3, -0.25) is 19.7 Å². The van der Waals surface area contributed by atoms with Crippen LogP contribution in [0.4, 0.5) is 0 Å². The summed E-state index contributed by atoms with van der Waals surface area (Å²) in [5.41, 5.74) is 10.2. The topological polar surface area (TPSA) is 67.2 Å².